The molecule has 1 N–H and O–H groups in total. The fraction of sp³-hybridized carbons (Fsp3) is 0.594. The van der Waals surface area contributed by atoms with E-state index in [9.17, 15) is 4.79 Å². The van der Waals surface area contributed by atoms with Gasteiger partial charge in [-0.05, 0) is 36.1 Å². The van der Waals surface area contributed by atoms with Crippen LogP contribution in [0.15, 0.2) is 48.5 Å². The van der Waals surface area contributed by atoms with Crippen molar-refractivity contribution in [2.75, 3.05) is 99.0 Å². The third kappa shape index (κ3) is 13.2. The van der Waals surface area contributed by atoms with Gasteiger partial charge in [-0.25, -0.2) is 4.79 Å². The molecule has 0 fully saturated rings. The average molecular weight is 590 g/mol. The Morgan fingerprint density at radius 2 is 1.02 bits per heavy atom. The largest absolute Gasteiger partial charge is 0.449 e. The Morgan fingerprint density at radius 3 is 1.48 bits per heavy atom. The lowest BCUT2D eigenvalue weighted by molar-refractivity contribution is -0.0237. The maximum absolute atomic E-state index is 12.2. The second-order valence-corrected chi connectivity index (χ2v) is 9.85. The van der Waals surface area contributed by atoms with E-state index in [1.54, 1.807) is 0 Å². The Hall–Kier alpha value is -2.57. The van der Waals surface area contributed by atoms with E-state index < -0.39 is 6.09 Å². The Morgan fingerprint density at radius 1 is 0.619 bits per heavy atom. The zero-order chi connectivity index (χ0) is 29.7. The van der Waals surface area contributed by atoms with Crippen molar-refractivity contribution >= 4 is 6.09 Å². The van der Waals surface area contributed by atoms with Crippen molar-refractivity contribution in [1.82, 2.24) is 5.32 Å². The predicted molar refractivity (Wildman–Crippen MR) is 159 cm³/mol. The summed E-state index contributed by atoms with van der Waals surface area (Å²) in [5.74, 6) is 0.0456. The molecule has 2 aromatic carbocycles. The molecular weight excluding hydrogens is 542 g/mol. The molecule has 0 atom stereocenters. The number of benzene rings is 2. The van der Waals surface area contributed by atoms with Crippen LogP contribution in [-0.2, 0) is 37.9 Å². The molecule has 0 saturated carbocycles. The zero-order valence-electron chi connectivity index (χ0n) is 25.1. The van der Waals surface area contributed by atoms with Crippen molar-refractivity contribution in [1.29, 1.82) is 0 Å². The molecule has 0 bridgehead atoms. The van der Waals surface area contributed by atoms with Crippen molar-refractivity contribution in [3.63, 3.8) is 0 Å². The summed E-state index contributed by atoms with van der Waals surface area (Å²) < 4.78 is 43.7. The summed E-state index contributed by atoms with van der Waals surface area (Å²) in [6, 6.07) is 16.5. The van der Waals surface area contributed by atoms with Gasteiger partial charge in [0.25, 0.3) is 0 Å². The zero-order valence-corrected chi connectivity index (χ0v) is 25.1. The van der Waals surface area contributed by atoms with Crippen LogP contribution in [0.4, 0.5) is 4.79 Å². The smallest absolute Gasteiger partial charge is 0.407 e. The maximum Gasteiger partial charge on any atom is 0.407 e. The fourth-order valence-corrected chi connectivity index (χ4v) is 4.42. The van der Waals surface area contributed by atoms with Crippen LogP contribution in [-0.4, -0.2) is 111 Å². The van der Waals surface area contributed by atoms with Crippen LogP contribution in [0.2, 0.25) is 0 Å². The predicted octanol–water partition coefficient (Wildman–Crippen LogP) is 4.05. The highest BCUT2D eigenvalue weighted by atomic mass is 16.6. The minimum Gasteiger partial charge on any atom is -0.449 e. The standard InChI is InChI=1S/C32H47NO9/c1-26(2)41-24-23-40-22-21-39-20-19-38-18-17-37-16-15-36-14-13-35-12-11-33-32(34)42-25-31-29-9-5-3-7-27(29)28-8-4-6-10-30(28)31/h3-10,26,31H,11-25H2,1-2H3,(H,33,34). The maximum atomic E-state index is 12.2. The van der Waals surface area contributed by atoms with Gasteiger partial charge in [-0.1, -0.05) is 48.5 Å². The highest BCUT2D eigenvalue weighted by Gasteiger charge is 2.28. The van der Waals surface area contributed by atoms with Gasteiger partial charge in [0.15, 0.2) is 0 Å². The topological polar surface area (TPSA) is 103 Å². The molecule has 0 saturated heterocycles. The molecule has 234 valence electrons. The van der Waals surface area contributed by atoms with Crippen LogP contribution in [0, 0.1) is 0 Å². The normalized spacial score (nSPS) is 12.5. The highest BCUT2D eigenvalue weighted by Crippen LogP contribution is 2.44. The van der Waals surface area contributed by atoms with Crippen LogP contribution in [0.25, 0.3) is 11.1 Å². The van der Waals surface area contributed by atoms with Crippen molar-refractivity contribution < 1.29 is 42.7 Å². The SMILES string of the molecule is CC(C)OCCOCCOCCOCCOCCOCCOCCNC(=O)OCC1c2ccccc2-c2ccccc21. The number of carbonyl (C=O) groups excluding carboxylic acids is 1. The second kappa shape index (κ2) is 21.2. The molecule has 0 aliphatic heterocycles. The van der Waals surface area contributed by atoms with Gasteiger partial charge in [0, 0.05) is 12.5 Å². The van der Waals surface area contributed by atoms with Crippen LogP contribution in [0.1, 0.15) is 30.9 Å². The third-order valence-electron chi connectivity index (χ3n) is 6.40. The molecule has 42 heavy (non-hydrogen) atoms. The van der Waals surface area contributed by atoms with E-state index in [1.165, 1.54) is 22.3 Å². The van der Waals surface area contributed by atoms with Crippen LogP contribution in [0.5, 0.6) is 0 Å². The molecule has 2 aromatic rings. The summed E-state index contributed by atoms with van der Waals surface area (Å²) in [5, 5.41) is 2.74. The molecular formula is C32H47NO9. The minimum absolute atomic E-state index is 0.0456. The molecule has 10 nitrogen and oxygen atoms in total. The van der Waals surface area contributed by atoms with E-state index >= 15 is 0 Å². The van der Waals surface area contributed by atoms with Crippen molar-refractivity contribution in [2.24, 2.45) is 0 Å². The van der Waals surface area contributed by atoms with Gasteiger partial charge >= 0.3 is 6.09 Å². The van der Waals surface area contributed by atoms with Gasteiger partial charge in [-0.2, -0.15) is 0 Å². The number of amides is 1. The van der Waals surface area contributed by atoms with Crippen molar-refractivity contribution in [2.45, 2.75) is 25.9 Å². The third-order valence-corrected chi connectivity index (χ3v) is 6.40. The number of rotatable bonds is 24. The molecule has 0 unspecified atom stereocenters. The molecule has 0 radical (unpaired) electrons. The summed E-state index contributed by atoms with van der Waals surface area (Å²) in [4.78, 5) is 12.2. The molecule has 1 aliphatic carbocycles. The highest BCUT2D eigenvalue weighted by molar-refractivity contribution is 5.79. The molecule has 3 rings (SSSR count). The molecule has 0 aromatic heterocycles. The lowest BCUT2D eigenvalue weighted by atomic mass is 9.98. The summed E-state index contributed by atoms with van der Waals surface area (Å²) in [6.45, 7) is 11.2. The van der Waals surface area contributed by atoms with Crippen LogP contribution >= 0.6 is 0 Å². The summed E-state index contributed by atoms with van der Waals surface area (Å²) in [5.41, 5.74) is 4.79. The van der Waals surface area contributed by atoms with Gasteiger partial charge in [-0.15, -0.1) is 0 Å². The first-order chi connectivity index (χ1) is 20.7. The number of fused-ring (bicyclic) bond motifs is 3. The van der Waals surface area contributed by atoms with Gasteiger partial charge < -0.3 is 43.2 Å². The van der Waals surface area contributed by atoms with E-state index in [4.69, 9.17) is 37.9 Å². The Kier molecular flexibility index (Phi) is 17.1. The first-order valence-electron chi connectivity index (χ1n) is 14.8. The van der Waals surface area contributed by atoms with Gasteiger partial charge in [0.1, 0.15) is 6.61 Å². The number of nitrogens with one attached hydrogen (secondary N) is 1. The summed E-state index contributed by atoms with van der Waals surface area (Å²) in [6.07, 6.45) is -0.219. The first kappa shape index (κ1) is 33.9. The van der Waals surface area contributed by atoms with Crippen LogP contribution in [0.3, 0.4) is 0 Å². The molecule has 1 aliphatic rings. The average Bonchev–Trinajstić information content (AvgIpc) is 3.32. The quantitative estimate of drug-likeness (QED) is 0.182. The first-order valence-corrected chi connectivity index (χ1v) is 14.8. The Bertz CT molecular complexity index is 958. The Labute approximate surface area is 249 Å². The Balaban J connectivity index is 1.05. The van der Waals surface area contributed by atoms with E-state index in [2.05, 4.69) is 29.6 Å². The molecule has 1 amide bonds. The molecule has 0 heterocycles. The van der Waals surface area contributed by atoms with Gasteiger partial charge in [0.2, 0.25) is 0 Å². The second-order valence-electron chi connectivity index (χ2n) is 9.85. The summed E-state index contributed by atoms with van der Waals surface area (Å²) >= 11 is 0. The number of carbonyl (C=O) groups is 1. The number of hydrogen-bond acceptors (Lipinski definition) is 9. The monoisotopic (exact) mass is 589 g/mol. The van der Waals surface area contributed by atoms with Gasteiger partial charge in [0.05, 0.1) is 92.0 Å². The van der Waals surface area contributed by atoms with Crippen LogP contribution < -0.4 is 5.32 Å². The lowest BCUT2D eigenvalue weighted by Crippen LogP contribution is -2.29. The lowest BCUT2D eigenvalue weighted by Gasteiger charge is -2.14. The van der Waals surface area contributed by atoms with E-state index in [-0.39, 0.29) is 12.0 Å². The van der Waals surface area contributed by atoms with E-state index in [1.807, 2.05) is 38.1 Å². The van der Waals surface area contributed by atoms with E-state index in [0.717, 1.165) is 0 Å². The molecule has 10 heteroatoms. The summed E-state index contributed by atoms with van der Waals surface area (Å²) in [7, 11) is 0. The fourth-order valence-electron chi connectivity index (χ4n) is 4.42. The molecule has 0 spiro atoms. The number of alkyl carbamates (subject to hydrolysis) is 1. The van der Waals surface area contributed by atoms with Crippen molar-refractivity contribution in [3.05, 3.63) is 59.7 Å². The number of hydrogen-bond donors (Lipinski definition) is 1. The van der Waals surface area contributed by atoms with E-state index in [0.29, 0.717) is 99.0 Å². The van der Waals surface area contributed by atoms with Crippen molar-refractivity contribution in [3.8, 4) is 11.1 Å². The number of ether oxygens (including phenoxy) is 8. The minimum atomic E-state index is -0.446. The van der Waals surface area contributed by atoms with Gasteiger partial charge in [-0.3, -0.25) is 0 Å².